The molecule has 0 saturated carbocycles. The van der Waals surface area contributed by atoms with Gasteiger partial charge in [-0.15, -0.1) is 11.3 Å². The molecule has 0 aliphatic carbocycles. The molecule has 0 unspecified atom stereocenters. The molecular formula is C7H5Cl2NO2S. The minimum atomic E-state index is -0.986. The van der Waals surface area contributed by atoms with Crippen molar-refractivity contribution in [2.45, 2.75) is 6.92 Å². The van der Waals surface area contributed by atoms with Gasteiger partial charge in [-0.05, 0) is 13.0 Å². The number of aliphatic carboxylic acids is 1. The Labute approximate surface area is 88.6 Å². The Balaban J connectivity index is 3.03. The summed E-state index contributed by atoms with van der Waals surface area (Å²) < 4.78 is 0.300. The summed E-state index contributed by atoms with van der Waals surface area (Å²) in [4.78, 5) is 14.8. The van der Waals surface area contributed by atoms with E-state index in [1.807, 2.05) is 0 Å². The number of carboxylic acid groups (broad SMARTS) is 1. The fourth-order valence-electron chi connectivity index (χ4n) is 0.635. The summed E-state index contributed by atoms with van der Waals surface area (Å²) in [5.74, 6) is -0.986. The molecule has 0 aliphatic heterocycles. The van der Waals surface area contributed by atoms with Crippen LogP contribution in [0.5, 0.6) is 0 Å². The molecule has 0 fully saturated rings. The van der Waals surface area contributed by atoms with Crippen LogP contribution in [0.25, 0.3) is 6.08 Å². The first-order valence-corrected chi connectivity index (χ1v) is 4.81. The van der Waals surface area contributed by atoms with Crippen LogP contribution in [-0.4, -0.2) is 16.1 Å². The Morgan fingerprint density at radius 2 is 2.23 bits per heavy atom. The lowest BCUT2D eigenvalue weighted by molar-refractivity contribution is -0.132. The molecule has 0 spiro atoms. The second kappa shape index (κ2) is 4.09. The predicted molar refractivity (Wildman–Crippen MR) is 53.4 cm³/mol. The smallest absolute Gasteiger partial charge is 0.331 e. The van der Waals surface area contributed by atoms with E-state index in [2.05, 4.69) is 4.98 Å². The van der Waals surface area contributed by atoms with Gasteiger partial charge in [0.15, 0.2) is 4.47 Å². The lowest BCUT2D eigenvalue weighted by Gasteiger charge is -1.90. The molecule has 3 nitrogen and oxygen atoms in total. The highest BCUT2D eigenvalue weighted by Gasteiger charge is 2.07. The maximum absolute atomic E-state index is 10.5. The van der Waals surface area contributed by atoms with Gasteiger partial charge in [0, 0.05) is 5.57 Å². The summed E-state index contributed by atoms with van der Waals surface area (Å²) in [6.07, 6.45) is 1.44. The van der Waals surface area contributed by atoms with E-state index in [1.165, 1.54) is 13.0 Å². The van der Waals surface area contributed by atoms with Crippen LogP contribution in [0.1, 0.15) is 11.8 Å². The van der Waals surface area contributed by atoms with E-state index in [1.54, 1.807) is 0 Å². The van der Waals surface area contributed by atoms with E-state index >= 15 is 0 Å². The molecule has 1 rings (SSSR count). The van der Waals surface area contributed by atoms with Crippen LogP contribution in [0.2, 0.25) is 9.62 Å². The lowest BCUT2D eigenvalue weighted by Crippen LogP contribution is -1.94. The first kappa shape index (κ1) is 10.5. The van der Waals surface area contributed by atoms with Crippen molar-refractivity contribution in [3.8, 4) is 0 Å². The van der Waals surface area contributed by atoms with Crippen molar-refractivity contribution in [2.24, 2.45) is 0 Å². The molecule has 1 aromatic rings. The van der Waals surface area contributed by atoms with E-state index < -0.39 is 5.97 Å². The third kappa shape index (κ3) is 2.69. The van der Waals surface area contributed by atoms with Crippen LogP contribution < -0.4 is 0 Å². The molecule has 0 amide bonds. The zero-order chi connectivity index (χ0) is 10.0. The largest absolute Gasteiger partial charge is 0.478 e. The number of rotatable bonds is 2. The molecule has 70 valence electrons. The number of hydrogen-bond acceptors (Lipinski definition) is 3. The molecule has 0 aliphatic rings. The standard InChI is InChI=1S/C7H5Cl2NO2S/c1-3(6(11)12)2-4-5(8)10-7(9)13-4/h2H,1H3,(H,11,12)/b3-2+. The van der Waals surface area contributed by atoms with Crippen LogP contribution in [0.15, 0.2) is 5.57 Å². The van der Waals surface area contributed by atoms with Crippen molar-refractivity contribution < 1.29 is 9.90 Å². The molecule has 0 saturated heterocycles. The summed E-state index contributed by atoms with van der Waals surface area (Å²) in [7, 11) is 0. The van der Waals surface area contributed by atoms with Crippen LogP contribution in [0.3, 0.4) is 0 Å². The molecule has 6 heteroatoms. The van der Waals surface area contributed by atoms with Crippen molar-refractivity contribution in [2.75, 3.05) is 0 Å². The summed E-state index contributed by atoms with van der Waals surface area (Å²) in [6.45, 7) is 1.48. The van der Waals surface area contributed by atoms with Crippen LogP contribution >= 0.6 is 34.5 Å². The summed E-state index contributed by atoms with van der Waals surface area (Å²) in [6, 6.07) is 0. The number of aromatic nitrogens is 1. The van der Waals surface area contributed by atoms with Crippen molar-refractivity contribution in [1.29, 1.82) is 0 Å². The Bertz CT molecular complexity index is 373. The van der Waals surface area contributed by atoms with Gasteiger partial charge in [-0.2, -0.15) is 0 Å². The van der Waals surface area contributed by atoms with Gasteiger partial charge in [-0.1, -0.05) is 23.2 Å². The van der Waals surface area contributed by atoms with E-state index in [9.17, 15) is 4.79 Å². The number of carboxylic acids is 1. The normalized spacial score (nSPS) is 11.8. The highest BCUT2D eigenvalue weighted by molar-refractivity contribution is 7.17. The van der Waals surface area contributed by atoms with E-state index in [0.29, 0.717) is 9.34 Å². The molecule has 0 radical (unpaired) electrons. The Morgan fingerprint density at radius 1 is 1.62 bits per heavy atom. The van der Waals surface area contributed by atoms with E-state index in [4.69, 9.17) is 28.3 Å². The van der Waals surface area contributed by atoms with Crippen molar-refractivity contribution in [1.82, 2.24) is 4.98 Å². The van der Waals surface area contributed by atoms with Gasteiger partial charge in [-0.25, -0.2) is 9.78 Å². The molecule has 0 bridgehead atoms. The van der Waals surface area contributed by atoms with Crippen molar-refractivity contribution in [3.63, 3.8) is 0 Å². The average Bonchev–Trinajstić information content (AvgIpc) is 2.30. The summed E-state index contributed by atoms with van der Waals surface area (Å²) >= 11 is 12.4. The van der Waals surface area contributed by atoms with Crippen LogP contribution in [0, 0.1) is 0 Å². The fourth-order valence-corrected chi connectivity index (χ4v) is 2.00. The third-order valence-corrected chi connectivity index (χ3v) is 2.78. The molecule has 0 atom stereocenters. The highest BCUT2D eigenvalue weighted by atomic mass is 35.5. The molecule has 13 heavy (non-hydrogen) atoms. The monoisotopic (exact) mass is 237 g/mol. The SMILES string of the molecule is C/C(=C\c1sc(Cl)nc1Cl)C(=O)O. The van der Waals surface area contributed by atoms with Gasteiger partial charge in [0.1, 0.15) is 5.15 Å². The Hall–Kier alpha value is -0.580. The zero-order valence-corrected chi connectivity index (χ0v) is 8.87. The quantitative estimate of drug-likeness (QED) is 0.806. The average molecular weight is 238 g/mol. The topological polar surface area (TPSA) is 50.2 Å². The number of carbonyl (C=O) groups is 1. The van der Waals surface area contributed by atoms with Crippen molar-refractivity contribution >= 4 is 46.6 Å². The third-order valence-electron chi connectivity index (χ3n) is 1.27. The van der Waals surface area contributed by atoms with Crippen LogP contribution in [-0.2, 0) is 4.79 Å². The maximum Gasteiger partial charge on any atom is 0.331 e. The Morgan fingerprint density at radius 3 is 2.62 bits per heavy atom. The minimum absolute atomic E-state index is 0.196. The second-order valence-electron chi connectivity index (χ2n) is 2.25. The summed E-state index contributed by atoms with van der Waals surface area (Å²) in [5, 5.41) is 8.81. The van der Waals surface area contributed by atoms with Gasteiger partial charge in [0.2, 0.25) is 0 Å². The molecule has 1 N–H and O–H groups in total. The molecule has 1 heterocycles. The summed E-state index contributed by atoms with van der Waals surface area (Å²) in [5.41, 5.74) is 0.196. The van der Waals surface area contributed by atoms with Gasteiger partial charge < -0.3 is 5.11 Å². The number of thiazole rings is 1. The first-order valence-electron chi connectivity index (χ1n) is 3.24. The highest BCUT2D eigenvalue weighted by Crippen LogP contribution is 2.28. The molecule has 1 aromatic heterocycles. The number of halogens is 2. The Kier molecular flexibility index (Phi) is 3.30. The zero-order valence-electron chi connectivity index (χ0n) is 6.54. The number of nitrogens with zero attached hydrogens (tertiary/aromatic N) is 1. The van der Waals surface area contributed by atoms with Gasteiger partial charge in [0.25, 0.3) is 0 Å². The molecule has 0 aromatic carbocycles. The van der Waals surface area contributed by atoms with Crippen LogP contribution in [0.4, 0.5) is 0 Å². The molecular weight excluding hydrogens is 233 g/mol. The predicted octanol–water partition coefficient (Wildman–Crippen LogP) is 2.94. The maximum atomic E-state index is 10.5. The number of hydrogen-bond donors (Lipinski definition) is 1. The van der Waals surface area contributed by atoms with Gasteiger partial charge >= 0.3 is 5.97 Å². The minimum Gasteiger partial charge on any atom is -0.478 e. The second-order valence-corrected chi connectivity index (χ2v) is 4.23. The lowest BCUT2D eigenvalue weighted by atomic mass is 10.3. The fraction of sp³-hybridized carbons (Fsp3) is 0.143. The van der Waals surface area contributed by atoms with E-state index in [-0.39, 0.29) is 10.7 Å². The van der Waals surface area contributed by atoms with Gasteiger partial charge in [-0.3, -0.25) is 0 Å². The van der Waals surface area contributed by atoms with Crippen molar-refractivity contribution in [3.05, 3.63) is 20.1 Å². The van der Waals surface area contributed by atoms with E-state index in [0.717, 1.165) is 11.3 Å². The first-order chi connectivity index (χ1) is 6.00. The van der Waals surface area contributed by atoms with Gasteiger partial charge in [0.05, 0.1) is 4.88 Å².